The average Bonchev–Trinajstić information content (AvgIpc) is 2.73. The molecule has 0 bridgehead atoms. The predicted octanol–water partition coefficient (Wildman–Crippen LogP) is 3.25. The van der Waals surface area contributed by atoms with Crippen molar-refractivity contribution < 1.29 is 14.3 Å². The van der Waals surface area contributed by atoms with Gasteiger partial charge in [0.15, 0.2) is 5.13 Å². The van der Waals surface area contributed by atoms with Gasteiger partial charge in [0.05, 0.1) is 5.69 Å². The summed E-state index contributed by atoms with van der Waals surface area (Å²) in [5.41, 5.74) is 2.49. The molecular weight excluding hydrogens is 279 g/mol. The number of nitrogens with zero attached hydrogens (tertiary/aromatic N) is 1. The lowest BCUT2D eigenvalue weighted by molar-refractivity contribution is 0.0701. The van der Waals surface area contributed by atoms with E-state index >= 15 is 0 Å². The molecule has 106 valence electrons. The molecule has 2 N–H and O–H groups in total. The number of halogens is 1. The highest BCUT2D eigenvalue weighted by molar-refractivity contribution is 7.17. The molecule has 1 heterocycles. The molecule has 0 aliphatic heterocycles. The average molecular weight is 294 g/mol. The zero-order valence-corrected chi connectivity index (χ0v) is 12.1. The second-order valence-electron chi connectivity index (χ2n) is 4.49. The lowest BCUT2D eigenvalue weighted by Gasteiger charge is -2.06. The number of carboxylic acid groups (broad SMARTS) is 1. The van der Waals surface area contributed by atoms with E-state index in [9.17, 15) is 9.18 Å². The molecule has 1 aromatic carbocycles. The van der Waals surface area contributed by atoms with Crippen molar-refractivity contribution in [2.24, 2.45) is 0 Å². The zero-order valence-electron chi connectivity index (χ0n) is 11.2. The number of carboxylic acids is 1. The molecular formula is C14H15FN2O2S. The maximum absolute atomic E-state index is 13.0. The standard InChI is InChI=1S/C14H15FN2O2S/c1-8-7-11(15)4-3-10(8)5-6-16-14-17-9(2)12(20-14)13(18)19/h3-4,7H,5-6H2,1-2H3,(H,16,17)(H,18,19). The Morgan fingerprint density at radius 2 is 2.20 bits per heavy atom. The van der Waals surface area contributed by atoms with Crippen LogP contribution in [0.4, 0.5) is 9.52 Å². The SMILES string of the molecule is Cc1cc(F)ccc1CCNc1nc(C)c(C(=O)O)s1. The van der Waals surface area contributed by atoms with Crippen molar-refractivity contribution in [2.45, 2.75) is 20.3 Å². The first-order valence-corrected chi connectivity index (χ1v) is 6.98. The van der Waals surface area contributed by atoms with Crippen LogP contribution in [-0.2, 0) is 6.42 Å². The third-order valence-electron chi connectivity index (χ3n) is 2.97. The number of nitrogens with one attached hydrogen (secondary N) is 1. The summed E-state index contributed by atoms with van der Waals surface area (Å²) in [5, 5.41) is 12.7. The van der Waals surface area contributed by atoms with E-state index in [1.54, 1.807) is 13.0 Å². The second-order valence-corrected chi connectivity index (χ2v) is 5.49. The maximum atomic E-state index is 13.0. The van der Waals surface area contributed by atoms with Gasteiger partial charge in [-0.2, -0.15) is 0 Å². The molecule has 0 spiro atoms. The number of aryl methyl sites for hydroxylation is 2. The van der Waals surface area contributed by atoms with Gasteiger partial charge in [-0.1, -0.05) is 17.4 Å². The number of aromatic nitrogens is 1. The summed E-state index contributed by atoms with van der Waals surface area (Å²) < 4.78 is 13.0. The fraction of sp³-hybridized carbons (Fsp3) is 0.286. The fourth-order valence-electron chi connectivity index (χ4n) is 1.91. The summed E-state index contributed by atoms with van der Waals surface area (Å²) >= 11 is 1.13. The number of hydrogen-bond donors (Lipinski definition) is 2. The number of carbonyl (C=O) groups is 1. The van der Waals surface area contributed by atoms with E-state index in [2.05, 4.69) is 10.3 Å². The highest BCUT2D eigenvalue weighted by atomic mass is 32.1. The smallest absolute Gasteiger partial charge is 0.347 e. The van der Waals surface area contributed by atoms with Crippen LogP contribution in [-0.4, -0.2) is 22.6 Å². The quantitative estimate of drug-likeness (QED) is 0.888. The van der Waals surface area contributed by atoms with Gasteiger partial charge in [0.2, 0.25) is 0 Å². The summed E-state index contributed by atoms with van der Waals surface area (Å²) in [6, 6.07) is 4.71. The fourth-order valence-corrected chi connectivity index (χ4v) is 2.75. The molecule has 0 fully saturated rings. The van der Waals surface area contributed by atoms with Crippen LogP contribution in [0, 0.1) is 19.7 Å². The van der Waals surface area contributed by atoms with Gasteiger partial charge in [0, 0.05) is 6.54 Å². The van der Waals surface area contributed by atoms with Crippen LogP contribution < -0.4 is 5.32 Å². The highest BCUT2D eigenvalue weighted by Gasteiger charge is 2.13. The summed E-state index contributed by atoms with van der Waals surface area (Å²) in [6.07, 6.45) is 0.729. The minimum atomic E-state index is -0.956. The summed E-state index contributed by atoms with van der Waals surface area (Å²) in [7, 11) is 0. The van der Waals surface area contributed by atoms with Crippen LogP contribution >= 0.6 is 11.3 Å². The molecule has 20 heavy (non-hydrogen) atoms. The molecule has 0 aliphatic carbocycles. The zero-order chi connectivity index (χ0) is 14.7. The third kappa shape index (κ3) is 3.33. The van der Waals surface area contributed by atoms with Crippen LogP contribution in [0.3, 0.4) is 0 Å². The van der Waals surface area contributed by atoms with Crippen LogP contribution in [0.1, 0.15) is 26.5 Å². The molecule has 0 saturated carbocycles. The van der Waals surface area contributed by atoms with Gasteiger partial charge in [-0.05, 0) is 43.5 Å². The molecule has 2 rings (SSSR count). The van der Waals surface area contributed by atoms with Crippen LogP contribution in [0.15, 0.2) is 18.2 Å². The van der Waals surface area contributed by atoms with Crippen LogP contribution in [0.25, 0.3) is 0 Å². The van der Waals surface area contributed by atoms with Crippen molar-refractivity contribution >= 4 is 22.4 Å². The van der Waals surface area contributed by atoms with Gasteiger partial charge in [0.1, 0.15) is 10.7 Å². The van der Waals surface area contributed by atoms with Crippen molar-refractivity contribution in [3.05, 3.63) is 45.7 Å². The number of benzene rings is 1. The van der Waals surface area contributed by atoms with Crippen molar-refractivity contribution in [3.8, 4) is 0 Å². The maximum Gasteiger partial charge on any atom is 0.347 e. The van der Waals surface area contributed by atoms with Crippen LogP contribution in [0.5, 0.6) is 0 Å². The van der Waals surface area contributed by atoms with Gasteiger partial charge in [0.25, 0.3) is 0 Å². The van der Waals surface area contributed by atoms with Crippen molar-refractivity contribution in [2.75, 3.05) is 11.9 Å². The lowest BCUT2D eigenvalue weighted by atomic mass is 10.1. The lowest BCUT2D eigenvalue weighted by Crippen LogP contribution is -2.05. The van der Waals surface area contributed by atoms with Gasteiger partial charge in [-0.15, -0.1) is 0 Å². The molecule has 0 radical (unpaired) electrons. The molecule has 0 atom stereocenters. The molecule has 0 aliphatic rings. The van der Waals surface area contributed by atoms with Crippen molar-refractivity contribution in [1.82, 2.24) is 4.98 Å². The molecule has 0 saturated heterocycles. The highest BCUT2D eigenvalue weighted by Crippen LogP contribution is 2.22. The van der Waals surface area contributed by atoms with E-state index in [0.717, 1.165) is 28.9 Å². The third-order valence-corrected chi connectivity index (χ3v) is 4.07. The first kappa shape index (κ1) is 14.5. The van der Waals surface area contributed by atoms with Gasteiger partial charge >= 0.3 is 5.97 Å². The van der Waals surface area contributed by atoms with E-state index in [0.29, 0.717) is 17.4 Å². The van der Waals surface area contributed by atoms with Crippen LogP contribution in [0.2, 0.25) is 0 Å². The van der Waals surface area contributed by atoms with E-state index in [4.69, 9.17) is 5.11 Å². The number of rotatable bonds is 5. The van der Waals surface area contributed by atoms with E-state index in [-0.39, 0.29) is 10.7 Å². The molecule has 1 aromatic heterocycles. The Kier molecular flexibility index (Phi) is 4.34. The van der Waals surface area contributed by atoms with Gasteiger partial charge < -0.3 is 10.4 Å². The Morgan fingerprint density at radius 3 is 2.80 bits per heavy atom. The van der Waals surface area contributed by atoms with E-state index in [1.807, 2.05) is 6.92 Å². The van der Waals surface area contributed by atoms with Crippen molar-refractivity contribution in [3.63, 3.8) is 0 Å². The molecule has 6 heteroatoms. The molecule has 0 unspecified atom stereocenters. The Balaban J connectivity index is 1.96. The molecule has 2 aromatic rings. The topological polar surface area (TPSA) is 62.2 Å². The monoisotopic (exact) mass is 294 g/mol. The number of anilines is 1. The minimum Gasteiger partial charge on any atom is -0.477 e. The second kappa shape index (κ2) is 6.00. The van der Waals surface area contributed by atoms with Gasteiger partial charge in [-0.3, -0.25) is 0 Å². The number of aromatic carboxylic acids is 1. The predicted molar refractivity (Wildman–Crippen MR) is 77.1 cm³/mol. The Hall–Kier alpha value is -1.95. The summed E-state index contributed by atoms with van der Waals surface area (Å²) in [5.74, 6) is -1.19. The largest absolute Gasteiger partial charge is 0.477 e. The first-order chi connectivity index (χ1) is 9.47. The Morgan fingerprint density at radius 1 is 1.45 bits per heavy atom. The van der Waals surface area contributed by atoms with E-state index < -0.39 is 5.97 Å². The van der Waals surface area contributed by atoms with E-state index in [1.165, 1.54) is 12.1 Å². The Bertz CT molecular complexity index is 640. The summed E-state index contributed by atoms with van der Waals surface area (Å²) in [4.78, 5) is 15.3. The van der Waals surface area contributed by atoms with Gasteiger partial charge in [-0.25, -0.2) is 14.2 Å². The minimum absolute atomic E-state index is 0.235. The molecule has 0 amide bonds. The Labute approximate surface area is 120 Å². The first-order valence-electron chi connectivity index (χ1n) is 6.17. The number of thiazole rings is 1. The summed E-state index contributed by atoms with van der Waals surface area (Å²) in [6.45, 7) is 4.17. The molecule has 4 nitrogen and oxygen atoms in total. The number of hydrogen-bond acceptors (Lipinski definition) is 4. The van der Waals surface area contributed by atoms with Crippen molar-refractivity contribution in [1.29, 1.82) is 0 Å². The normalized spacial score (nSPS) is 10.6.